The molecule has 32 heavy (non-hydrogen) atoms. The topological polar surface area (TPSA) is 84.2 Å². The molecule has 1 unspecified atom stereocenters. The molecule has 5 rings (SSSR count). The molecule has 1 spiro atoms. The molecule has 1 aliphatic carbocycles. The smallest absolute Gasteiger partial charge is 0.340 e. The predicted octanol–water partition coefficient (Wildman–Crippen LogP) is 2.65. The van der Waals surface area contributed by atoms with Crippen molar-refractivity contribution in [3.05, 3.63) is 64.6 Å². The third-order valence-corrected chi connectivity index (χ3v) is 8.72. The number of benzene rings is 1. The number of anilines is 1. The maximum absolute atomic E-state index is 12.8. The lowest BCUT2D eigenvalue weighted by atomic mass is 10.1. The summed E-state index contributed by atoms with van der Waals surface area (Å²) >= 11 is 0. The Hall–Kier alpha value is -2.48. The number of rotatable bonds is 5. The standard InChI is InChI=1S/C22H25N4O4PS/c1-16-3-6-18(7-4-16)32(28,29)30-20-13-21(27)25-14-17(5-8-19(25)23-20)24-11-12-26(31-2)22(15-24)9-10-22/h3-8,13-14,31H,9-12,15H2,1-2H3. The number of hydrogen-bond donors (Lipinski definition) is 0. The first-order valence-corrected chi connectivity index (χ1v) is 13.4. The Morgan fingerprint density at radius 1 is 1.09 bits per heavy atom. The zero-order valence-corrected chi connectivity index (χ0v) is 19.8. The van der Waals surface area contributed by atoms with E-state index in [2.05, 4.69) is 21.2 Å². The van der Waals surface area contributed by atoms with Gasteiger partial charge in [0.15, 0.2) is 0 Å². The number of aryl methyl sites for hydroxylation is 1. The van der Waals surface area contributed by atoms with Crippen molar-refractivity contribution in [3.8, 4) is 5.88 Å². The SMILES string of the molecule is CPN1CCN(c2ccc3nc(OS(=O)(=O)c4ccc(C)cc4)cc(=O)n3c2)CC12CC2. The summed E-state index contributed by atoms with van der Waals surface area (Å²) in [7, 11) is -3.27. The number of fused-ring (bicyclic) bond motifs is 1. The van der Waals surface area contributed by atoms with Gasteiger partial charge in [-0.1, -0.05) is 26.4 Å². The highest BCUT2D eigenvalue weighted by molar-refractivity contribution is 7.87. The van der Waals surface area contributed by atoms with E-state index in [1.165, 1.54) is 29.4 Å². The summed E-state index contributed by atoms with van der Waals surface area (Å²) in [5.74, 6) is -0.238. The van der Waals surface area contributed by atoms with E-state index in [9.17, 15) is 13.2 Å². The second kappa shape index (κ2) is 7.83. The number of nitrogens with zero attached hydrogens (tertiary/aromatic N) is 4. The van der Waals surface area contributed by atoms with Crippen LogP contribution in [0.25, 0.3) is 5.65 Å². The van der Waals surface area contributed by atoms with Gasteiger partial charge >= 0.3 is 10.1 Å². The van der Waals surface area contributed by atoms with Crippen LogP contribution in [-0.2, 0) is 10.1 Å². The van der Waals surface area contributed by atoms with Gasteiger partial charge in [0.1, 0.15) is 10.5 Å². The maximum atomic E-state index is 12.8. The summed E-state index contributed by atoms with van der Waals surface area (Å²) in [6.45, 7) is 6.98. The van der Waals surface area contributed by atoms with Gasteiger partial charge in [-0.2, -0.15) is 13.4 Å². The van der Waals surface area contributed by atoms with Gasteiger partial charge in [0.2, 0.25) is 5.88 Å². The van der Waals surface area contributed by atoms with E-state index in [1.54, 1.807) is 24.4 Å². The summed E-state index contributed by atoms with van der Waals surface area (Å²) in [4.78, 5) is 19.4. The van der Waals surface area contributed by atoms with Crippen LogP contribution in [0.2, 0.25) is 0 Å². The lowest BCUT2D eigenvalue weighted by Crippen LogP contribution is -2.51. The number of aromatic nitrogens is 2. The van der Waals surface area contributed by atoms with Crippen molar-refractivity contribution in [2.75, 3.05) is 31.2 Å². The van der Waals surface area contributed by atoms with Gasteiger partial charge in [-0.05, 0) is 50.7 Å². The average Bonchev–Trinajstić information content (AvgIpc) is 3.53. The van der Waals surface area contributed by atoms with Crippen LogP contribution >= 0.6 is 8.73 Å². The van der Waals surface area contributed by atoms with Crippen LogP contribution in [0.4, 0.5) is 5.69 Å². The van der Waals surface area contributed by atoms with Crippen molar-refractivity contribution in [2.24, 2.45) is 0 Å². The van der Waals surface area contributed by atoms with Crippen molar-refractivity contribution < 1.29 is 12.6 Å². The molecule has 8 nitrogen and oxygen atoms in total. The van der Waals surface area contributed by atoms with E-state index in [0.717, 1.165) is 45.7 Å². The van der Waals surface area contributed by atoms with E-state index in [4.69, 9.17) is 4.18 Å². The van der Waals surface area contributed by atoms with Crippen molar-refractivity contribution >= 4 is 30.2 Å². The Bertz CT molecular complexity index is 1340. The molecule has 0 amide bonds. The Labute approximate surface area is 188 Å². The van der Waals surface area contributed by atoms with Crippen molar-refractivity contribution in [3.63, 3.8) is 0 Å². The van der Waals surface area contributed by atoms with Gasteiger partial charge in [-0.25, -0.2) is 0 Å². The highest BCUT2D eigenvalue weighted by atomic mass is 32.2. The molecule has 168 valence electrons. The second-order valence-electron chi connectivity index (χ2n) is 8.42. The van der Waals surface area contributed by atoms with E-state index >= 15 is 0 Å². The van der Waals surface area contributed by atoms with Gasteiger partial charge in [0.25, 0.3) is 5.56 Å². The molecule has 1 aliphatic heterocycles. The first-order valence-electron chi connectivity index (χ1n) is 10.5. The molecule has 1 aromatic carbocycles. The molecule has 3 heterocycles. The van der Waals surface area contributed by atoms with E-state index < -0.39 is 10.1 Å². The van der Waals surface area contributed by atoms with Crippen molar-refractivity contribution in [1.82, 2.24) is 14.1 Å². The van der Waals surface area contributed by atoms with Gasteiger partial charge < -0.3 is 9.08 Å². The fourth-order valence-corrected chi connectivity index (χ4v) is 6.25. The van der Waals surface area contributed by atoms with Crippen LogP contribution in [0.5, 0.6) is 5.88 Å². The van der Waals surface area contributed by atoms with Crippen molar-refractivity contribution in [1.29, 1.82) is 0 Å². The van der Waals surface area contributed by atoms with Gasteiger partial charge in [0.05, 0.1) is 11.8 Å². The maximum Gasteiger partial charge on any atom is 0.340 e. The highest BCUT2D eigenvalue weighted by Crippen LogP contribution is 2.49. The molecule has 2 aromatic heterocycles. The first kappa shape index (κ1) is 21.4. The minimum absolute atomic E-state index is 0.0151. The molecule has 2 aliphatic rings. The monoisotopic (exact) mass is 472 g/mol. The Morgan fingerprint density at radius 2 is 1.84 bits per heavy atom. The molecular formula is C22H25N4O4PS. The predicted molar refractivity (Wildman–Crippen MR) is 126 cm³/mol. The summed E-state index contributed by atoms with van der Waals surface area (Å²) in [5.41, 5.74) is 2.13. The van der Waals surface area contributed by atoms with Gasteiger partial charge in [-0.15, -0.1) is 0 Å². The zero-order chi connectivity index (χ0) is 22.5. The summed E-state index contributed by atoms with van der Waals surface area (Å²) in [6, 6.07) is 11.1. The van der Waals surface area contributed by atoms with E-state index in [1.807, 2.05) is 13.0 Å². The highest BCUT2D eigenvalue weighted by Gasteiger charge is 2.50. The minimum Gasteiger partial charge on any atom is -0.367 e. The summed E-state index contributed by atoms with van der Waals surface area (Å²) in [6.07, 6.45) is 4.22. The molecule has 3 aromatic rings. The average molecular weight is 473 g/mol. The largest absolute Gasteiger partial charge is 0.367 e. The quantitative estimate of drug-likeness (QED) is 0.417. The number of piperazine rings is 1. The fraction of sp³-hybridized carbons (Fsp3) is 0.364. The van der Waals surface area contributed by atoms with Gasteiger partial charge in [-0.3, -0.25) is 13.9 Å². The first-order chi connectivity index (χ1) is 15.3. The normalized spacial score (nSPS) is 18.6. The fourth-order valence-electron chi connectivity index (χ4n) is 4.28. The van der Waals surface area contributed by atoms with E-state index in [-0.39, 0.29) is 21.9 Å². The van der Waals surface area contributed by atoms with E-state index in [0.29, 0.717) is 5.65 Å². The molecule has 2 fully saturated rings. The van der Waals surface area contributed by atoms with Crippen LogP contribution in [0.15, 0.2) is 58.4 Å². The van der Waals surface area contributed by atoms with Crippen LogP contribution < -0.4 is 14.6 Å². The zero-order valence-electron chi connectivity index (χ0n) is 18.0. The molecule has 0 radical (unpaired) electrons. The third kappa shape index (κ3) is 3.89. The number of hydrogen-bond acceptors (Lipinski definition) is 7. The van der Waals surface area contributed by atoms with Gasteiger partial charge in [0, 0.05) is 31.4 Å². The van der Waals surface area contributed by atoms with Crippen molar-refractivity contribution in [2.45, 2.75) is 30.2 Å². The van der Waals surface area contributed by atoms with Crippen LogP contribution in [-0.4, -0.2) is 54.3 Å². The Kier molecular flexibility index (Phi) is 5.23. The minimum atomic E-state index is -4.08. The molecule has 1 atom stereocenters. The van der Waals surface area contributed by atoms with Crippen LogP contribution in [0, 0.1) is 6.92 Å². The van der Waals surface area contributed by atoms with Crippen LogP contribution in [0.1, 0.15) is 18.4 Å². The molecule has 0 bridgehead atoms. The summed E-state index contributed by atoms with van der Waals surface area (Å²) < 4.78 is 34.3. The molecule has 10 heteroatoms. The second-order valence-corrected chi connectivity index (χ2v) is 11.0. The summed E-state index contributed by atoms with van der Waals surface area (Å²) in [5, 5.41) is 0. The Balaban J connectivity index is 1.42. The molecule has 1 saturated carbocycles. The lowest BCUT2D eigenvalue weighted by Gasteiger charge is -2.42. The number of pyridine rings is 1. The molecular weight excluding hydrogens is 447 g/mol. The Morgan fingerprint density at radius 3 is 2.53 bits per heavy atom. The molecule has 0 N–H and O–H groups in total. The third-order valence-electron chi connectivity index (χ3n) is 6.24. The lowest BCUT2D eigenvalue weighted by molar-refractivity contribution is 0.292. The van der Waals surface area contributed by atoms with Crippen LogP contribution in [0.3, 0.4) is 0 Å². The molecule has 1 saturated heterocycles.